The largest absolute Gasteiger partial charge is 0.341 e. The van der Waals surface area contributed by atoms with Gasteiger partial charge in [0.25, 0.3) is 0 Å². The quantitative estimate of drug-likeness (QED) is 0.929. The molecular weight excluding hydrogens is 284 g/mol. The fourth-order valence-electron chi connectivity index (χ4n) is 3.03. The summed E-state index contributed by atoms with van der Waals surface area (Å²) in [6.45, 7) is 5.67. The van der Waals surface area contributed by atoms with Crippen LogP contribution in [0.15, 0.2) is 24.3 Å². The van der Waals surface area contributed by atoms with Gasteiger partial charge in [-0.3, -0.25) is 4.79 Å². The van der Waals surface area contributed by atoms with E-state index in [-0.39, 0.29) is 11.9 Å². The van der Waals surface area contributed by atoms with E-state index in [0.717, 1.165) is 24.4 Å². The van der Waals surface area contributed by atoms with Crippen LogP contribution < -0.4 is 5.73 Å². The van der Waals surface area contributed by atoms with Crippen molar-refractivity contribution in [3.63, 3.8) is 0 Å². The lowest BCUT2D eigenvalue weighted by Gasteiger charge is -2.37. The van der Waals surface area contributed by atoms with Gasteiger partial charge < -0.3 is 10.6 Å². The summed E-state index contributed by atoms with van der Waals surface area (Å²) in [5.74, 6) is 1.07. The number of benzene rings is 1. The number of hydrogen-bond donors (Lipinski definition) is 1. The Labute approximate surface area is 132 Å². The number of halogens is 1. The van der Waals surface area contributed by atoms with Crippen LogP contribution in [0.5, 0.6) is 0 Å². The maximum atomic E-state index is 12.2. The number of carbonyl (C=O) groups excluding carboxylic acids is 1. The van der Waals surface area contributed by atoms with Crippen molar-refractivity contribution in [3.8, 4) is 0 Å². The summed E-state index contributed by atoms with van der Waals surface area (Å²) in [4.78, 5) is 14.2. The minimum Gasteiger partial charge on any atom is -0.341 e. The lowest BCUT2D eigenvalue weighted by molar-refractivity contribution is -0.134. The Kier molecular flexibility index (Phi) is 5.65. The van der Waals surface area contributed by atoms with E-state index in [0.29, 0.717) is 24.8 Å². The number of nitrogens with two attached hydrogens (primary N) is 1. The maximum absolute atomic E-state index is 12.2. The molecule has 0 spiro atoms. The first kappa shape index (κ1) is 16.3. The molecule has 1 amide bonds. The van der Waals surface area contributed by atoms with Crippen molar-refractivity contribution in [3.05, 3.63) is 34.9 Å². The van der Waals surface area contributed by atoms with Gasteiger partial charge in [0.2, 0.25) is 5.91 Å². The second-order valence-corrected chi connectivity index (χ2v) is 7.03. The Morgan fingerprint density at radius 1 is 1.33 bits per heavy atom. The van der Waals surface area contributed by atoms with Crippen LogP contribution in [0.25, 0.3) is 0 Å². The first-order valence-electron chi connectivity index (χ1n) is 7.72. The van der Waals surface area contributed by atoms with Crippen LogP contribution in [0.4, 0.5) is 0 Å². The molecule has 1 aromatic carbocycles. The van der Waals surface area contributed by atoms with Gasteiger partial charge in [-0.2, -0.15) is 0 Å². The average Bonchev–Trinajstić information content (AvgIpc) is 2.40. The molecule has 1 saturated heterocycles. The molecule has 116 valence electrons. The van der Waals surface area contributed by atoms with E-state index >= 15 is 0 Å². The van der Waals surface area contributed by atoms with Crippen molar-refractivity contribution in [2.24, 2.45) is 17.6 Å². The van der Waals surface area contributed by atoms with E-state index in [1.165, 1.54) is 5.56 Å². The number of rotatable bonds is 4. The molecule has 2 atom stereocenters. The third-order valence-electron chi connectivity index (χ3n) is 3.94. The second kappa shape index (κ2) is 7.28. The lowest BCUT2D eigenvalue weighted by atomic mass is 9.88. The summed E-state index contributed by atoms with van der Waals surface area (Å²) >= 11 is 5.92. The molecule has 2 N–H and O–H groups in total. The van der Waals surface area contributed by atoms with Gasteiger partial charge in [0.05, 0.1) is 0 Å². The zero-order valence-electron chi connectivity index (χ0n) is 12.9. The highest BCUT2D eigenvalue weighted by Crippen LogP contribution is 2.22. The Morgan fingerprint density at radius 2 is 2.00 bits per heavy atom. The molecule has 21 heavy (non-hydrogen) atoms. The van der Waals surface area contributed by atoms with Crippen molar-refractivity contribution in [1.29, 1.82) is 0 Å². The van der Waals surface area contributed by atoms with E-state index < -0.39 is 0 Å². The van der Waals surface area contributed by atoms with Crippen molar-refractivity contribution in [2.45, 2.75) is 39.2 Å². The molecule has 4 heteroatoms. The number of piperidine rings is 1. The smallest absolute Gasteiger partial charge is 0.222 e. The van der Waals surface area contributed by atoms with Gasteiger partial charge in [-0.1, -0.05) is 37.6 Å². The van der Waals surface area contributed by atoms with E-state index in [4.69, 9.17) is 17.3 Å². The van der Waals surface area contributed by atoms with E-state index in [1.54, 1.807) is 0 Å². The van der Waals surface area contributed by atoms with Crippen LogP contribution in [-0.2, 0) is 11.2 Å². The van der Waals surface area contributed by atoms with Crippen molar-refractivity contribution >= 4 is 17.5 Å². The van der Waals surface area contributed by atoms with E-state index in [9.17, 15) is 4.79 Å². The van der Waals surface area contributed by atoms with Gasteiger partial charge >= 0.3 is 0 Å². The Bertz CT molecular complexity index is 472. The highest BCUT2D eigenvalue weighted by atomic mass is 35.5. The lowest BCUT2D eigenvalue weighted by Crippen LogP contribution is -2.50. The van der Waals surface area contributed by atoms with Gasteiger partial charge in [0.1, 0.15) is 0 Å². The molecule has 1 aliphatic heterocycles. The van der Waals surface area contributed by atoms with Gasteiger partial charge in [-0.05, 0) is 42.4 Å². The van der Waals surface area contributed by atoms with Crippen LogP contribution in [0.1, 0.15) is 32.3 Å². The third kappa shape index (κ3) is 5.01. The minimum absolute atomic E-state index is 0.0900. The molecule has 1 fully saturated rings. The Morgan fingerprint density at radius 3 is 2.62 bits per heavy atom. The zero-order valence-corrected chi connectivity index (χ0v) is 13.6. The van der Waals surface area contributed by atoms with E-state index in [1.807, 2.05) is 17.0 Å². The molecule has 1 heterocycles. The highest BCUT2D eigenvalue weighted by molar-refractivity contribution is 6.30. The second-order valence-electron chi connectivity index (χ2n) is 6.59. The number of amides is 1. The summed E-state index contributed by atoms with van der Waals surface area (Å²) in [6.07, 6.45) is 2.55. The molecule has 0 aromatic heterocycles. The zero-order chi connectivity index (χ0) is 15.4. The molecule has 3 nitrogen and oxygen atoms in total. The summed E-state index contributed by atoms with van der Waals surface area (Å²) < 4.78 is 0. The molecular formula is C17H25ClN2O. The van der Waals surface area contributed by atoms with Gasteiger partial charge in [0.15, 0.2) is 0 Å². The molecule has 2 rings (SSSR count). The fraction of sp³-hybridized carbons (Fsp3) is 0.588. The number of carbonyl (C=O) groups is 1. The topological polar surface area (TPSA) is 46.3 Å². The summed E-state index contributed by atoms with van der Waals surface area (Å²) in [6, 6.07) is 8.04. The third-order valence-corrected chi connectivity index (χ3v) is 4.19. The molecule has 0 radical (unpaired) electrons. The predicted octanol–water partition coefficient (Wildman–Crippen LogP) is 3.10. The molecule has 0 aliphatic carbocycles. The number of likely N-dealkylation sites (tertiary alicyclic amines) is 1. The SMILES string of the molecule is CC(C)CC(=O)N1CC(N)CC(Cc2ccc(Cl)cc2)C1. The number of nitrogens with zero attached hydrogens (tertiary/aromatic N) is 1. The van der Waals surface area contributed by atoms with Gasteiger partial charge in [-0.15, -0.1) is 0 Å². The summed E-state index contributed by atoms with van der Waals surface area (Å²) in [5, 5.41) is 0.757. The molecule has 0 bridgehead atoms. The van der Waals surface area contributed by atoms with Crippen molar-refractivity contribution < 1.29 is 4.79 Å². The predicted molar refractivity (Wildman–Crippen MR) is 87.3 cm³/mol. The first-order chi connectivity index (χ1) is 9.94. The van der Waals surface area contributed by atoms with E-state index in [2.05, 4.69) is 26.0 Å². The normalized spacial score (nSPS) is 22.6. The maximum Gasteiger partial charge on any atom is 0.222 e. The van der Waals surface area contributed by atoms with Crippen LogP contribution in [-0.4, -0.2) is 29.9 Å². The van der Waals surface area contributed by atoms with Crippen LogP contribution >= 0.6 is 11.6 Å². The van der Waals surface area contributed by atoms with Crippen molar-refractivity contribution in [1.82, 2.24) is 4.90 Å². The standard InChI is InChI=1S/C17H25ClN2O/c1-12(2)7-17(21)20-10-14(9-16(19)11-20)8-13-3-5-15(18)6-4-13/h3-6,12,14,16H,7-11,19H2,1-2H3. The highest BCUT2D eigenvalue weighted by Gasteiger charge is 2.28. The molecule has 2 unspecified atom stereocenters. The van der Waals surface area contributed by atoms with Gasteiger partial charge in [0, 0.05) is 30.6 Å². The molecule has 1 aliphatic rings. The van der Waals surface area contributed by atoms with Crippen molar-refractivity contribution in [2.75, 3.05) is 13.1 Å². The first-order valence-corrected chi connectivity index (χ1v) is 8.09. The Balaban J connectivity index is 1.97. The van der Waals surface area contributed by atoms with Crippen LogP contribution in [0.3, 0.4) is 0 Å². The molecule has 0 saturated carbocycles. The van der Waals surface area contributed by atoms with Gasteiger partial charge in [-0.25, -0.2) is 0 Å². The monoisotopic (exact) mass is 308 g/mol. The van der Waals surface area contributed by atoms with Crippen LogP contribution in [0, 0.1) is 11.8 Å². The minimum atomic E-state index is 0.0900. The average molecular weight is 309 g/mol. The summed E-state index contributed by atoms with van der Waals surface area (Å²) in [5.41, 5.74) is 7.41. The molecule has 1 aromatic rings. The van der Waals surface area contributed by atoms with Crippen LogP contribution in [0.2, 0.25) is 5.02 Å². The fourth-order valence-corrected chi connectivity index (χ4v) is 3.16. The Hall–Kier alpha value is -1.06. The summed E-state index contributed by atoms with van der Waals surface area (Å²) in [7, 11) is 0. The number of hydrogen-bond acceptors (Lipinski definition) is 2.